The fourth-order valence-electron chi connectivity index (χ4n) is 5.13. The van der Waals surface area contributed by atoms with Gasteiger partial charge in [0, 0.05) is 5.69 Å². The quantitative estimate of drug-likeness (QED) is 0.354. The molecule has 3 aromatic carbocycles. The van der Waals surface area contributed by atoms with Crippen LogP contribution in [0.2, 0.25) is 0 Å². The fraction of sp³-hybridized carbons (Fsp3) is 0.148. The van der Waals surface area contributed by atoms with Crippen molar-refractivity contribution >= 4 is 11.6 Å². The van der Waals surface area contributed by atoms with Crippen molar-refractivity contribution in [3.8, 4) is 5.69 Å². The van der Waals surface area contributed by atoms with Gasteiger partial charge in [-0.1, -0.05) is 78.9 Å². The molecular formula is C27H22N4O3. The van der Waals surface area contributed by atoms with Crippen molar-refractivity contribution < 1.29 is 4.79 Å². The minimum absolute atomic E-state index is 0.0741. The summed E-state index contributed by atoms with van der Waals surface area (Å²) >= 11 is 0. The molecule has 4 aromatic rings. The number of carbonyl (C=O) groups excluding carboxylic acids is 1. The molecule has 1 saturated heterocycles. The van der Waals surface area contributed by atoms with Crippen molar-refractivity contribution in [2.45, 2.75) is 18.6 Å². The number of nitrogens with zero attached hydrogens (tertiary/aromatic N) is 4. The molecule has 6 rings (SSSR count). The molecule has 0 unspecified atom stereocenters. The van der Waals surface area contributed by atoms with Gasteiger partial charge in [0.05, 0.1) is 30.2 Å². The number of anilines is 1. The average Bonchev–Trinajstić information content (AvgIpc) is 3.14. The lowest BCUT2D eigenvalue weighted by Gasteiger charge is -2.50. The average molecular weight is 450 g/mol. The van der Waals surface area contributed by atoms with Gasteiger partial charge in [-0.15, -0.1) is 0 Å². The molecule has 3 heterocycles. The summed E-state index contributed by atoms with van der Waals surface area (Å²) in [7, 11) is 0. The first-order valence-electron chi connectivity index (χ1n) is 11.3. The normalized spacial score (nSPS) is 21.2. The van der Waals surface area contributed by atoms with Crippen LogP contribution in [0.3, 0.4) is 0 Å². The fourth-order valence-corrected chi connectivity index (χ4v) is 5.13. The monoisotopic (exact) mass is 450 g/mol. The van der Waals surface area contributed by atoms with E-state index in [1.165, 1.54) is 13.9 Å². The molecule has 0 bridgehead atoms. The van der Waals surface area contributed by atoms with Crippen LogP contribution in [0, 0.1) is 5.92 Å². The van der Waals surface area contributed by atoms with Gasteiger partial charge in [0.1, 0.15) is 0 Å². The molecule has 3 atom stereocenters. The molecule has 0 radical (unpaired) electrons. The smallest absolute Gasteiger partial charge is 0.304 e. The summed E-state index contributed by atoms with van der Waals surface area (Å²) in [5, 5.41) is 0. The van der Waals surface area contributed by atoms with E-state index in [0.29, 0.717) is 5.69 Å². The van der Waals surface area contributed by atoms with Crippen molar-refractivity contribution in [3.63, 3.8) is 0 Å². The van der Waals surface area contributed by atoms with Crippen molar-refractivity contribution in [2.24, 2.45) is 5.92 Å². The maximum Gasteiger partial charge on any atom is 0.352 e. The molecule has 168 valence electrons. The Labute approximate surface area is 195 Å². The molecular weight excluding hydrogens is 428 g/mol. The molecule has 1 amide bonds. The molecule has 7 heteroatoms. The van der Waals surface area contributed by atoms with E-state index in [9.17, 15) is 14.4 Å². The molecule has 1 aromatic heterocycles. The Morgan fingerprint density at radius 3 is 1.91 bits per heavy atom. The van der Waals surface area contributed by atoms with Crippen LogP contribution in [-0.4, -0.2) is 19.8 Å². The summed E-state index contributed by atoms with van der Waals surface area (Å²) in [5.74, 6) is -0.593. The Morgan fingerprint density at radius 2 is 1.26 bits per heavy atom. The van der Waals surface area contributed by atoms with Crippen LogP contribution >= 0.6 is 0 Å². The Kier molecular flexibility index (Phi) is 4.69. The summed E-state index contributed by atoms with van der Waals surface area (Å²) < 4.78 is 4.06. The lowest BCUT2D eigenvalue weighted by molar-refractivity contribution is -0.132. The third-order valence-corrected chi connectivity index (χ3v) is 6.65. The number of hydrogen-bond acceptors (Lipinski definition) is 3. The number of carbonyl (C=O) groups is 1. The predicted octanol–water partition coefficient (Wildman–Crippen LogP) is 3.32. The van der Waals surface area contributed by atoms with Crippen LogP contribution in [0.1, 0.15) is 17.6 Å². The Bertz CT molecular complexity index is 1500. The van der Waals surface area contributed by atoms with E-state index < -0.39 is 23.3 Å². The van der Waals surface area contributed by atoms with E-state index in [-0.39, 0.29) is 18.5 Å². The number of benzene rings is 3. The third kappa shape index (κ3) is 2.94. The van der Waals surface area contributed by atoms with E-state index in [1.807, 2.05) is 78.9 Å². The van der Waals surface area contributed by atoms with Gasteiger partial charge in [0.15, 0.2) is 0 Å². The largest absolute Gasteiger partial charge is 0.352 e. The standard InChI is InChI=1S/C27H22N4O3/c32-25-23(24(19-11-4-1-5-12-19)29(25)20-13-6-2-7-14-20)22-17-10-18-28-26(33)30(27(34)31(22)28)21-15-8-3-9-16-21/h1-17,22-24H,18H2/t22-,23-,24-/m0/s1. The van der Waals surface area contributed by atoms with Crippen LogP contribution in [-0.2, 0) is 11.3 Å². The zero-order chi connectivity index (χ0) is 23.2. The second kappa shape index (κ2) is 7.88. The van der Waals surface area contributed by atoms with Gasteiger partial charge in [-0.3, -0.25) is 4.79 Å². The predicted molar refractivity (Wildman–Crippen MR) is 129 cm³/mol. The summed E-state index contributed by atoms with van der Waals surface area (Å²) in [4.78, 5) is 42.1. The zero-order valence-corrected chi connectivity index (χ0v) is 18.3. The maximum atomic E-state index is 13.6. The van der Waals surface area contributed by atoms with E-state index in [2.05, 4.69) is 0 Å². The van der Waals surface area contributed by atoms with Crippen molar-refractivity contribution in [1.29, 1.82) is 0 Å². The second-order valence-electron chi connectivity index (χ2n) is 8.51. The summed E-state index contributed by atoms with van der Waals surface area (Å²) in [6, 6.07) is 27.4. The number of hydrogen-bond donors (Lipinski definition) is 0. The summed E-state index contributed by atoms with van der Waals surface area (Å²) in [6.45, 7) is 0.281. The maximum absolute atomic E-state index is 13.6. The number of rotatable bonds is 4. The highest BCUT2D eigenvalue weighted by molar-refractivity contribution is 6.03. The molecule has 2 aliphatic heterocycles. The number of fused-ring (bicyclic) bond motifs is 1. The van der Waals surface area contributed by atoms with Gasteiger partial charge < -0.3 is 4.90 Å². The minimum Gasteiger partial charge on any atom is -0.304 e. The molecule has 0 aliphatic carbocycles. The third-order valence-electron chi connectivity index (χ3n) is 6.65. The Hall–Kier alpha value is -4.39. The number of aromatic nitrogens is 3. The van der Waals surface area contributed by atoms with Crippen LogP contribution < -0.4 is 16.3 Å². The topological polar surface area (TPSA) is 69.2 Å². The van der Waals surface area contributed by atoms with Crippen LogP contribution in [0.5, 0.6) is 0 Å². The van der Waals surface area contributed by atoms with Gasteiger partial charge in [0.25, 0.3) is 0 Å². The molecule has 0 spiro atoms. The van der Waals surface area contributed by atoms with Gasteiger partial charge in [-0.05, 0) is 29.8 Å². The van der Waals surface area contributed by atoms with Gasteiger partial charge in [0.2, 0.25) is 5.91 Å². The number of para-hydroxylation sites is 2. The Morgan fingerprint density at radius 1 is 0.676 bits per heavy atom. The highest BCUT2D eigenvalue weighted by Gasteiger charge is 2.53. The first kappa shape index (κ1) is 20.2. The Balaban J connectivity index is 1.49. The minimum atomic E-state index is -0.573. The van der Waals surface area contributed by atoms with Gasteiger partial charge in [-0.25, -0.2) is 23.5 Å². The lowest BCUT2D eigenvalue weighted by atomic mass is 9.76. The highest BCUT2D eigenvalue weighted by atomic mass is 16.2. The van der Waals surface area contributed by atoms with E-state index in [1.54, 1.807) is 29.2 Å². The summed E-state index contributed by atoms with van der Waals surface area (Å²) in [6.07, 6.45) is 3.75. The highest BCUT2D eigenvalue weighted by Crippen LogP contribution is 2.48. The van der Waals surface area contributed by atoms with Gasteiger partial charge >= 0.3 is 11.4 Å². The van der Waals surface area contributed by atoms with Crippen molar-refractivity contribution in [3.05, 3.63) is 130 Å². The lowest BCUT2D eigenvalue weighted by Crippen LogP contribution is -2.59. The molecule has 2 aliphatic rings. The number of allylic oxidation sites excluding steroid dienone is 2. The van der Waals surface area contributed by atoms with Gasteiger partial charge in [-0.2, -0.15) is 0 Å². The number of β-lactam (4-membered cyclic amide) rings is 1. The zero-order valence-electron chi connectivity index (χ0n) is 18.3. The van der Waals surface area contributed by atoms with E-state index in [4.69, 9.17) is 0 Å². The van der Waals surface area contributed by atoms with Crippen LogP contribution in [0.25, 0.3) is 5.69 Å². The molecule has 0 saturated carbocycles. The van der Waals surface area contributed by atoms with Crippen LogP contribution in [0.4, 0.5) is 5.69 Å². The SMILES string of the molecule is O=C1[C@@H]([C@@H]2C=CCn3c(=O)n(-c4ccccc4)c(=O)n32)[C@H](c2ccccc2)N1c1ccccc1. The molecule has 0 N–H and O–H groups in total. The van der Waals surface area contributed by atoms with E-state index >= 15 is 0 Å². The van der Waals surface area contributed by atoms with Crippen LogP contribution in [0.15, 0.2) is 113 Å². The molecule has 7 nitrogen and oxygen atoms in total. The summed E-state index contributed by atoms with van der Waals surface area (Å²) in [5.41, 5.74) is 1.45. The number of amides is 1. The molecule has 1 fully saturated rings. The first-order valence-corrected chi connectivity index (χ1v) is 11.3. The second-order valence-corrected chi connectivity index (χ2v) is 8.51. The first-order chi connectivity index (χ1) is 16.7. The van der Waals surface area contributed by atoms with Crippen molar-refractivity contribution in [1.82, 2.24) is 13.9 Å². The van der Waals surface area contributed by atoms with E-state index in [0.717, 1.165) is 11.3 Å². The van der Waals surface area contributed by atoms with Crippen molar-refractivity contribution in [2.75, 3.05) is 4.90 Å². The molecule has 34 heavy (non-hydrogen) atoms.